The lowest BCUT2D eigenvalue weighted by Gasteiger charge is -2.07. The molecule has 6 nitrogen and oxygen atoms in total. The smallest absolute Gasteiger partial charge is 0.268 e. The van der Waals surface area contributed by atoms with Crippen LogP contribution in [0.25, 0.3) is 11.3 Å². The summed E-state index contributed by atoms with van der Waals surface area (Å²) in [6.07, 6.45) is 0. The normalized spacial score (nSPS) is 10.5. The first-order chi connectivity index (χ1) is 11.5. The maximum absolute atomic E-state index is 12.0. The van der Waals surface area contributed by atoms with Gasteiger partial charge in [-0.25, -0.2) is 4.68 Å². The summed E-state index contributed by atoms with van der Waals surface area (Å²) in [4.78, 5) is 22.5. The van der Waals surface area contributed by atoms with Gasteiger partial charge in [0.15, 0.2) is 0 Å². The minimum absolute atomic E-state index is 0.00441. The van der Waals surface area contributed by atoms with Crippen molar-refractivity contribution < 1.29 is 4.92 Å². The Balaban J connectivity index is 1.95. The standard InChI is InChI=1S/C18H15N3O3/c1-13-5-7-15(8-6-13)17-9-10-18(22)20(19-17)12-14-3-2-4-16(11-14)21(23)24/h2-11H,12H2,1H3. The van der Waals surface area contributed by atoms with E-state index in [0.717, 1.165) is 11.1 Å². The summed E-state index contributed by atoms with van der Waals surface area (Å²) in [7, 11) is 0. The first kappa shape index (κ1) is 15.6. The van der Waals surface area contributed by atoms with Crippen molar-refractivity contribution in [3.8, 4) is 11.3 Å². The van der Waals surface area contributed by atoms with E-state index in [1.54, 1.807) is 18.2 Å². The number of hydrogen-bond donors (Lipinski definition) is 0. The third-order valence-electron chi connectivity index (χ3n) is 3.67. The Morgan fingerprint density at radius 1 is 1.08 bits per heavy atom. The van der Waals surface area contributed by atoms with E-state index in [-0.39, 0.29) is 17.8 Å². The van der Waals surface area contributed by atoms with Gasteiger partial charge in [0.1, 0.15) is 0 Å². The zero-order chi connectivity index (χ0) is 17.1. The fraction of sp³-hybridized carbons (Fsp3) is 0.111. The molecule has 0 amide bonds. The monoisotopic (exact) mass is 321 g/mol. The maximum Gasteiger partial charge on any atom is 0.269 e. The van der Waals surface area contributed by atoms with Crippen LogP contribution < -0.4 is 5.56 Å². The largest absolute Gasteiger partial charge is 0.269 e. The van der Waals surface area contributed by atoms with Crippen molar-refractivity contribution in [2.75, 3.05) is 0 Å². The van der Waals surface area contributed by atoms with Gasteiger partial charge in [-0.15, -0.1) is 0 Å². The van der Waals surface area contributed by atoms with E-state index in [0.29, 0.717) is 11.3 Å². The van der Waals surface area contributed by atoms with Crippen LogP contribution in [0.5, 0.6) is 0 Å². The van der Waals surface area contributed by atoms with Crippen molar-refractivity contribution in [1.82, 2.24) is 9.78 Å². The van der Waals surface area contributed by atoms with Gasteiger partial charge in [0.2, 0.25) is 0 Å². The predicted octanol–water partition coefficient (Wildman–Crippen LogP) is 3.18. The summed E-state index contributed by atoms with van der Waals surface area (Å²) in [5.41, 5.74) is 3.13. The first-order valence-corrected chi connectivity index (χ1v) is 7.41. The van der Waals surface area contributed by atoms with Crippen LogP contribution in [0.1, 0.15) is 11.1 Å². The molecular formula is C18H15N3O3. The van der Waals surface area contributed by atoms with Gasteiger partial charge in [-0.2, -0.15) is 5.10 Å². The Labute approximate surface area is 138 Å². The molecule has 1 heterocycles. The van der Waals surface area contributed by atoms with Gasteiger partial charge >= 0.3 is 0 Å². The number of non-ortho nitro benzene ring substituents is 1. The molecule has 0 saturated heterocycles. The van der Waals surface area contributed by atoms with Crippen molar-refractivity contribution >= 4 is 5.69 Å². The molecule has 6 heteroatoms. The van der Waals surface area contributed by atoms with Crippen LogP contribution in [-0.4, -0.2) is 14.7 Å². The summed E-state index contributed by atoms with van der Waals surface area (Å²) in [6.45, 7) is 2.18. The van der Waals surface area contributed by atoms with Crippen molar-refractivity contribution in [2.45, 2.75) is 13.5 Å². The van der Waals surface area contributed by atoms with Crippen molar-refractivity contribution in [3.05, 3.63) is 92.3 Å². The second-order valence-corrected chi connectivity index (χ2v) is 5.51. The Kier molecular flexibility index (Phi) is 4.20. The molecule has 0 unspecified atom stereocenters. The number of rotatable bonds is 4. The van der Waals surface area contributed by atoms with E-state index >= 15 is 0 Å². The predicted molar refractivity (Wildman–Crippen MR) is 90.9 cm³/mol. The quantitative estimate of drug-likeness (QED) is 0.546. The summed E-state index contributed by atoms with van der Waals surface area (Å²) < 4.78 is 1.31. The lowest BCUT2D eigenvalue weighted by molar-refractivity contribution is -0.384. The fourth-order valence-corrected chi connectivity index (χ4v) is 2.38. The summed E-state index contributed by atoms with van der Waals surface area (Å²) >= 11 is 0. The Hall–Kier alpha value is -3.28. The number of nitro benzene ring substituents is 1. The third kappa shape index (κ3) is 3.38. The Morgan fingerprint density at radius 3 is 2.54 bits per heavy atom. The number of aromatic nitrogens is 2. The van der Waals surface area contributed by atoms with E-state index in [9.17, 15) is 14.9 Å². The third-order valence-corrected chi connectivity index (χ3v) is 3.67. The van der Waals surface area contributed by atoms with Crippen LogP contribution in [0, 0.1) is 17.0 Å². The highest BCUT2D eigenvalue weighted by atomic mass is 16.6. The molecule has 0 fully saturated rings. The molecule has 0 aliphatic rings. The van der Waals surface area contributed by atoms with Gasteiger partial charge in [0.25, 0.3) is 11.2 Å². The van der Waals surface area contributed by atoms with E-state index < -0.39 is 4.92 Å². The molecule has 1 aromatic heterocycles. The molecule has 3 rings (SSSR count). The van der Waals surface area contributed by atoms with Gasteiger partial charge in [-0.05, 0) is 18.6 Å². The Bertz CT molecular complexity index is 946. The SMILES string of the molecule is Cc1ccc(-c2ccc(=O)n(Cc3cccc([N+](=O)[O-])c3)n2)cc1. The van der Waals surface area contributed by atoms with Gasteiger partial charge in [0, 0.05) is 23.8 Å². The maximum atomic E-state index is 12.0. The molecule has 0 aliphatic carbocycles. The second kappa shape index (κ2) is 6.45. The van der Waals surface area contributed by atoms with Gasteiger partial charge < -0.3 is 0 Å². The molecule has 0 bridgehead atoms. The molecule has 120 valence electrons. The van der Waals surface area contributed by atoms with Crippen LogP contribution >= 0.6 is 0 Å². The topological polar surface area (TPSA) is 78.0 Å². The average Bonchev–Trinajstić information content (AvgIpc) is 2.58. The van der Waals surface area contributed by atoms with E-state index in [2.05, 4.69) is 5.10 Å². The molecule has 0 spiro atoms. The molecule has 0 N–H and O–H groups in total. The van der Waals surface area contributed by atoms with E-state index in [1.165, 1.54) is 22.9 Å². The van der Waals surface area contributed by atoms with Crippen LogP contribution in [0.4, 0.5) is 5.69 Å². The number of benzene rings is 2. The van der Waals surface area contributed by atoms with Crippen LogP contribution in [-0.2, 0) is 6.54 Å². The highest BCUT2D eigenvalue weighted by Gasteiger charge is 2.08. The number of aryl methyl sites for hydroxylation is 1. The van der Waals surface area contributed by atoms with Gasteiger partial charge in [-0.3, -0.25) is 14.9 Å². The summed E-state index contributed by atoms with van der Waals surface area (Å²) in [5, 5.41) is 15.2. The minimum Gasteiger partial charge on any atom is -0.268 e. The van der Waals surface area contributed by atoms with Crippen molar-refractivity contribution in [2.24, 2.45) is 0 Å². The zero-order valence-electron chi connectivity index (χ0n) is 13.0. The fourth-order valence-electron chi connectivity index (χ4n) is 2.38. The zero-order valence-corrected chi connectivity index (χ0v) is 13.0. The molecule has 24 heavy (non-hydrogen) atoms. The van der Waals surface area contributed by atoms with E-state index in [1.807, 2.05) is 31.2 Å². The second-order valence-electron chi connectivity index (χ2n) is 5.51. The molecule has 2 aromatic carbocycles. The summed E-state index contributed by atoms with van der Waals surface area (Å²) in [6, 6.07) is 17.2. The van der Waals surface area contributed by atoms with Crippen molar-refractivity contribution in [3.63, 3.8) is 0 Å². The summed E-state index contributed by atoms with van der Waals surface area (Å²) in [5.74, 6) is 0. The Morgan fingerprint density at radius 2 is 1.83 bits per heavy atom. The highest BCUT2D eigenvalue weighted by molar-refractivity contribution is 5.58. The average molecular weight is 321 g/mol. The highest BCUT2D eigenvalue weighted by Crippen LogP contribution is 2.17. The molecular weight excluding hydrogens is 306 g/mol. The minimum atomic E-state index is -0.456. The number of nitro groups is 1. The van der Waals surface area contributed by atoms with Gasteiger partial charge in [-0.1, -0.05) is 42.0 Å². The first-order valence-electron chi connectivity index (χ1n) is 7.41. The lowest BCUT2D eigenvalue weighted by Crippen LogP contribution is -2.22. The van der Waals surface area contributed by atoms with Gasteiger partial charge in [0.05, 0.1) is 17.2 Å². The molecule has 3 aromatic rings. The molecule has 0 aliphatic heterocycles. The molecule has 0 saturated carbocycles. The number of hydrogen-bond acceptors (Lipinski definition) is 4. The molecule has 0 radical (unpaired) electrons. The van der Waals surface area contributed by atoms with E-state index in [4.69, 9.17) is 0 Å². The lowest BCUT2D eigenvalue weighted by atomic mass is 10.1. The molecule has 0 atom stereocenters. The van der Waals surface area contributed by atoms with Crippen molar-refractivity contribution in [1.29, 1.82) is 0 Å². The van der Waals surface area contributed by atoms with Crippen LogP contribution in [0.3, 0.4) is 0 Å². The van der Waals surface area contributed by atoms with Crippen LogP contribution in [0.2, 0.25) is 0 Å². The number of nitrogens with zero attached hydrogens (tertiary/aromatic N) is 3. The van der Waals surface area contributed by atoms with Crippen LogP contribution in [0.15, 0.2) is 65.5 Å².